The predicted molar refractivity (Wildman–Crippen MR) is 114 cm³/mol. The Labute approximate surface area is 162 Å². The Balaban J connectivity index is 2.11. The monoisotopic (exact) mass is 388 g/mol. The molecule has 6 heteroatoms. The quantitative estimate of drug-likeness (QED) is 0.368. The molecule has 6 rings (SSSR count). The molecule has 1 aliphatic heterocycles. The molecule has 27 heavy (non-hydrogen) atoms. The third-order valence-corrected chi connectivity index (χ3v) is 7.62. The van der Waals surface area contributed by atoms with Crippen molar-refractivity contribution < 1.29 is 0 Å². The van der Waals surface area contributed by atoms with Gasteiger partial charge in [0.05, 0.1) is 34.3 Å². The van der Waals surface area contributed by atoms with Gasteiger partial charge in [0.15, 0.2) is 0 Å². The number of hydrogen-bond acceptors (Lipinski definition) is 6. The van der Waals surface area contributed by atoms with Gasteiger partial charge in [0.2, 0.25) is 0 Å². The number of fused-ring (bicyclic) bond motifs is 11. The summed E-state index contributed by atoms with van der Waals surface area (Å²) in [6, 6.07) is 0.221. The fourth-order valence-electron chi connectivity index (χ4n) is 4.23. The van der Waals surface area contributed by atoms with Gasteiger partial charge >= 0.3 is 0 Å². The van der Waals surface area contributed by atoms with E-state index in [4.69, 9.17) is 20.0 Å². The van der Waals surface area contributed by atoms with Gasteiger partial charge in [-0.1, -0.05) is 0 Å². The molecule has 4 heterocycles. The molecule has 132 valence electrons. The minimum atomic E-state index is 0.221. The lowest BCUT2D eigenvalue weighted by atomic mass is 9.99. The number of aromatic nitrogens is 2. The Morgan fingerprint density at radius 2 is 1.44 bits per heavy atom. The SMILES string of the molecule is Cc1csc2c1c1c(c3c4scc(C)c4c4nccnc4c23)=NC[C@H](C)N=1. The van der Waals surface area contributed by atoms with E-state index < -0.39 is 0 Å². The number of aryl methyl sites for hydroxylation is 2. The zero-order chi connectivity index (χ0) is 18.3. The van der Waals surface area contributed by atoms with E-state index in [0.717, 1.165) is 28.3 Å². The van der Waals surface area contributed by atoms with Crippen molar-refractivity contribution in [2.24, 2.45) is 9.98 Å². The van der Waals surface area contributed by atoms with E-state index in [1.807, 2.05) is 0 Å². The second-order valence-corrected chi connectivity index (χ2v) is 9.02. The van der Waals surface area contributed by atoms with E-state index in [-0.39, 0.29) is 6.04 Å². The lowest BCUT2D eigenvalue weighted by Crippen LogP contribution is -2.34. The predicted octanol–water partition coefficient (Wildman–Crippen LogP) is 4.47. The summed E-state index contributed by atoms with van der Waals surface area (Å²) in [5.74, 6) is 0. The van der Waals surface area contributed by atoms with Crippen molar-refractivity contribution in [3.63, 3.8) is 0 Å². The highest BCUT2D eigenvalue weighted by Crippen LogP contribution is 2.41. The van der Waals surface area contributed by atoms with Gasteiger partial charge in [-0.3, -0.25) is 20.0 Å². The molecular formula is C21H16N4S2. The smallest absolute Gasteiger partial charge is 0.0987 e. The Bertz CT molecular complexity index is 1540. The molecule has 0 aliphatic carbocycles. The first kappa shape index (κ1) is 15.6. The van der Waals surface area contributed by atoms with E-state index in [1.165, 1.54) is 42.1 Å². The van der Waals surface area contributed by atoms with E-state index in [9.17, 15) is 0 Å². The maximum atomic E-state index is 5.03. The molecule has 0 amide bonds. The van der Waals surface area contributed by atoms with Crippen LogP contribution in [0, 0.1) is 13.8 Å². The summed E-state index contributed by atoms with van der Waals surface area (Å²) in [6.45, 7) is 7.20. The summed E-state index contributed by atoms with van der Waals surface area (Å²) in [5, 5.41) is 11.4. The molecule has 0 bridgehead atoms. The zero-order valence-corrected chi connectivity index (χ0v) is 16.8. The minimum absolute atomic E-state index is 0.221. The molecule has 0 saturated heterocycles. The molecule has 0 radical (unpaired) electrons. The number of thiophene rings is 2. The molecular weight excluding hydrogens is 372 g/mol. The van der Waals surface area contributed by atoms with Gasteiger partial charge in [-0.15, -0.1) is 22.7 Å². The van der Waals surface area contributed by atoms with Gasteiger partial charge in [-0.25, -0.2) is 0 Å². The third-order valence-electron chi connectivity index (χ3n) is 5.39. The summed E-state index contributed by atoms with van der Waals surface area (Å²) >= 11 is 3.57. The van der Waals surface area contributed by atoms with Gasteiger partial charge in [0.1, 0.15) is 0 Å². The third kappa shape index (κ3) is 1.92. The summed E-state index contributed by atoms with van der Waals surface area (Å²) < 4.78 is 2.51. The largest absolute Gasteiger partial charge is 0.280 e. The van der Waals surface area contributed by atoms with Crippen molar-refractivity contribution in [3.8, 4) is 0 Å². The topological polar surface area (TPSA) is 50.5 Å². The van der Waals surface area contributed by atoms with Crippen LogP contribution in [0.3, 0.4) is 0 Å². The number of hydrogen-bond donors (Lipinski definition) is 0. The lowest BCUT2D eigenvalue weighted by Gasteiger charge is -2.13. The molecule has 0 spiro atoms. The molecule has 1 atom stereocenters. The van der Waals surface area contributed by atoms with E-state index in [1.54, 1.807) is 35.1 Å². The molecule has 4 nitrogen and oxygen atoms in total. The lowest BCUT2D eigenvalue weighted by molar-refractivity contribution is 0.699. The molecule has 3 aromatic heterocycles. The summed E-state index contributed by atoms with van der Waals surface area (Å²) in [7, 11) is 0. The average molecular weight is 389 g/mol. The maximum Gasteiger partial charge on any atom is 0.0987 e. The zero-order valence-electron chi connectivity index (χ0n) is 15.2. The molecule has 5 aromatic rings. The van der Waals surface area contributed by atoms with Gasteiger partial charge in [0, 0.05) is 43.3 Å². The Kier molecular flexibility index (Phi) is 3.06. The van der Waals surface area contributed by atoms with Crippen LogP contribution in [-0.4, -0.2) is 22.6 Å². The van der Waals surface area contributed by atoms with Crippen LogP contribution in [0.2, 0.25) is 0 Å². The van der Waals surface area contributed by atoms with Gasteiger partial charge < -0.3 is 0 Å². The highest BCUT2D eigenvalue weighted by atomic mass is 32.1. The number of nitrogens with zero attached hydrogens (tertiary/aromatic N) is 4. The van der Waals surface area contributed by atoms with Crippen LogP contribution in [0.1, 0.15) is 18.1 Å². The number of rotatable bonds is 0. The van der Waals surface area contributed by atoms with Gasteiger partial charge in [-0.05, 0) is 42.7 Å². The second-order valence-electron chi connectivity index (χ2n) is 7.27. The van der Waals surface area contributed by atoms with Crippen molar-refractivity contribution in [1.29, 1.82) is 0 Å². The van der Waals surface area contributed by atoms with Crippen LogP contribution < -0.4 is 10.7 Å². The van der Waals surface area contributed by atoms with Crippen LogP contribution in [-0.2, 0) is 0 Å². The molecule has 0 N–H and O–H groups in total. The maximum absolute atomic E-state index is 5.03. The molecule has 1 aliphatic rings. The van der Waals surface area contributed by atoms with Crippen LogP contribution in [0.4, 0.5) is 0 Å². The van der Waals surface area contributed by atoms with Crippen LogP contribution in [0.25, 0.3) is 42.0 Å². The first-order valence-corrected chi connectivity index (χ1v) is 10.8. The fourth-order valence-corrected chi connectivity index (χ4v) is 6.44. The highest BCUT2D eigenvalue weighted by Gasteiger charge is 2.22. The van der Waals surface area contributed by atoms with E-state index in [2.05, 4.69) is 31.5 Å². The Morgan fingerprint density at radius 3 is 2.19 bits per heavy atom. The Morgan fingerprint density at radius 1 is 0.815 bits per heavy atom. The van der Waals surface area contributed by atoms with Crippen LogP contribution in [0.5, 0.6) is 0 Å². The summed E-state index contributed by atoms with van der Waals surface area (Å²) in [5.41, 5.74) is 4.48. The van der Waals surface area contributed by atoms with Crippen molar-refractivity contribution in [2.75, 3.05) is 6.54 Å². The highest BCUT2D eigenvalue weighted by molar-refractivity contribution is 7.20. The summed E-state index contributed by atoms with van der Waals surface area (Å²) in [6.07, 6.45) is 3.59. The second kappa shape index (κ2) is 5.30. The summed E-state index contributed by atoms with van der Waals surface area (Å²) in [4.78, 5) is 19.5. The number of benzene rings is 2. The fraction of sp³-hybridized carbons (Fsp3) is 0.238. The van der Waals surface area contributed by atoms with E-state index >= 15 is 0 Å². The molecule has 0 unspecified atom stereocenters. The molecule has 0 fully saturated rings. The standard InChI is InChI=1S/C21H16N4S2/c1-9-7-26-20-12(9)16-17(23-5-4-22-16)14-15(20)18-19(25-11(3)6-24-18)13-10(2)8-27-21(13)14/h4-5,7-8,11H,6H2,1-3H3/t11-/m0/s1. The van der Waals surface area contributed by atoms with Crippen molar-refractivity contribution in [1.82, 2.24) is 9.97 Å². The van der Waals surface area contributed by atoms with Crippen LogP contribution >= 0.6 is 22.7 Å². The van der Waals surface area contributed by atoms with Gasteiger partial charge in [-0.2, -0.15) is 0 Å². The van der Waals surface area contributed by atoms with E-state index in [0.29, 0.717) is 0 Å². The van der Waals surface area contributed by atoms with Gasteiger partial charge in [0.25, 0.3) is 0 Å². The first-order valence-electron chi connectivity index (χ1n) is 9.01. The normalized spacial score (nSPS) is 16.8. The minimum Gasteiger partial charge on any atom is -0.280 e. The Hall–Kier alpha value is -2.44. The first-order chi connectivity index (χ1) is 13.1. The van der Waals surface area contributed by atoms with Crippen molar-refractivity contribution >= 4 is 64.7 Å². The van der Waals surface area contributed by atoms with Crippen molar-refractivity contribution in [2.45, 2.75) is 26.8 Å². The van der Waals surface area contributed by atoms with Crippen LogP contribution in [0.15, 0.2) is 33.1 Å². The average Bonchev–Trinajstić information content (AvgIpc) is 3.25. The molecule has 2 aromatic carbocycles. The van der Waals surface area contributed by atoms with Crippen molar-refractivity contribution in [3.05, 3.63) is 45.0 Å². The molecule has 0 saturated carbocycles.